The molecule has 1 atom stereocenters. The van der Waals surface area contributed by atoms with E-state index in [1.165, 1.54) is 0 Å². The predicted molar refractivity (Wildman–Crippen MR) is 67.2 cm³/mol. The van der Waals surface area contributed by atoms with Crippen molar-refractivity contribution in [3.05, 3.63) is 18.2 Å². The third kappa shape index (κ3) is 2.63. The molecule has 0 radical (unpaired) electrons. The molecule has 17 heavy (non-hydrogen) atoms. The van der Waals surface area contributed by atoms with Crippen molar-refractivity contribution in [2.75, 3.05) is 13.1 Å². The van der Waals surface area contributed by atoms with Crippen molar-refractivity contribution in [2.24, 2.45) is 13.0 Å². The number of rotatable bonds is 2. The number of hydrogen-bond acceptors (Lipinski definition) is 2. The number of carbonyl (C=O) groups excluding carboxylic acids is 1. The maximum atomic E-state index is 12.2. The van der Waals surface area contributed by atoms with Crippen molar-refractivity contribution in [1.29, 1.82) is 0 Å². The highest BCUT2D eigenvalue weighted by atomic mass is 35.5. The summed E-state index contributed by atoms with van der Waals surface area (Å²) in [5.41, 5.74) is 0.655. The van der Waals surface area contributed by atoms with Gasteiger partial charge in [-0.15, -0.1) is 11.6 Å². The van der Waals surface area contributed by atoms with E-state index >= 15 is 0 Å². The van der Waals surface area contributed by atoms with E-state index in [0.29, 0.717) is 11.6 Å². The summed E-state index contributed by atoms with van der Waals surface area (Å²) in [5, 5.41) is 0.198. The molecular formula is C12H18ClN3O. The summed E-state index contributed by atoms with van der Waals surface area (Å²) in [4.78, 5) is 18.1. The molecule has 0 saturated carbocycles. The lowest BCUT2D eigenvalue weighted by atomic mass is 9.94. The largest absolute Gasteiger partial charge is 0.337 e. The van der Waals surface area contributed by atoms with E-state index in [9.17, 15) is 4.79 Å². The zero-order valence-electron chi connectivity index (χ0n) is 10.3. The van der Waals surface area contributed by atoms with Crippen LogP contribution in [0.2, 0.25) is 0 Å². The van der Waals surface area contributed by atoms with E-state index in [2.05, 4.69) is 4.98 Å². The summed E-state index contributed by atoms with van der Waals surface area (Å²) in [6, 6.07) is 0. The number of imidazole rings is 1. The van der Waals surface area contributed by atoms with Crippen molar-refractivity contribution in [2.45, 2.75) is 25.1 Å². The normalized spacial score (nSPS) is 19.4. The molecule has 1 aliphatic rings. The minimum absolute atomic E-state index is 0.0747. The first-order valence-electron chi connectivity index (χ1n) is 5.99. The van der Waals surface area contributed by atoms with Gasteiger partial charge in [-0.2, -0.15) is 0 Å². The molecular weight excluding hydrogens is 238 g/mol. The number of carbonyl (C=O) groups is 1. The Morgan fingerprint density at radius 3 is 2.65 bits per heavy atom. The molecule has 94 valence electrons. The highest BCUT2D eigenvalue weighted by Gasteiger charge is 2.26. The molecule has 2 rings (SSSR count). The molecule has 5 heteroatoms. The first kappa shape index (κ1) is 12.4. The van der Waals surface area contributed by atoms with Crippen molar-refractivity contribution < 1.29 is 4.79 Å². The minimum Gasteiger partial charge on any atom is -0.337 e. The quantitative estimate of drug-likeness (QED) is 0.757. The van der Waals surface area contributed by atoms with Gasteiger partial charge in [0, 0.05) is 25.5 Å². The molecule has 2 heterocycles. The fourth-order valence-electron chi connectivity index (χ4n) is 2.29. The second kappa shape index (κ2) is 5.08. The second-order valence-electron chi connectivity index (χ2n) is 4.70. The number of nitrogens with zero attached hydrogens (tertiary/aromatic N) is 3. The fraction of sp³-hybridized carbons (Fsp3) is 0.667. The Balaban J connectivity index is 1.98. The molecule has 0 aromatic carbocycles. The van der Waals surface area contributed by atoms with Gasteiger partial charge in [0.1, 0.15) is 5.69 Å². The smallest absolute Gasteiger partial charge is 0.272 e. The maximum absolute atomic E-state index is 12.2. The van der Waals surface area contributed by atoms with Gasteiger partial charge in [-0.05, 0) is 25.7 Å². The average molecular weight is 256 g/mol. The van der Waals surface area contributed by atoms with Crippen LogP contribution < -0.4 is 0 Å². The molecule has 1 aliphatic heterocycles. The zero-order chi connectivity index (χ0) is 12.4. The highest BCUT2D eigenvalue weighted by molar-refractivity contribution is 6.20. The van der Waals surface area contributed by atoms with Crippen molar-refractivity contribution in [3.8, 4) is 0 Å². The molecule has 1 amide bonds. The molecule has 0 spiro atoms. The van der Waals surface area contributed by atoms with Gasteiger partial charge < -0.3 is 9.47 Å². The van der Waals surface area contributed by atoms with Gasteiger partial charge in [-0.1, -0.05) is 0 Å². The Bertz CT molecular complexity index is 394. The second-order valence-corrected chi connectivity index (χ2v) is 5.39. The average Bonchev–Trinajstić information content (AvgIpc) is 2.74. The SMILES string of the molecule is CC(Cl)C1CCN(C(=O)c2cncn2C)CC1. The van der Waals surface area contributed by atoms with E-state index in [-0.39, 0.29) is 11.3 Å². The van der Waals surface area contributed by atoms with E-state index in [1.807, 2.05) is 18.9 Å². The summed E-state index contributed by atoms with van der Waals surface area (Å²) in [6.07, 6.45) is 5.27. The minimum atomic E-state index is 0.0747. The molecule has 1 saturated heterocycles. The van der Waals surface area contributed by atoms with Crippen molar-refractivity contribution in [3.63, 3.8) is 0 Å². The summed E-state index contributed by atoms with van der Waals surface area (Å²) >= 11 is 6.09. The lowest BCUT2D eigenvalue weighted by Crippen LogP contribution is -2.40. The predicted octanol–water partition coefficient (Wildman–Crippen LogP) is 1.90. The molecule has 0 bridgehead atoms. The number of alkyl halides is 1. The van der Waals surface area contributed by atoms with Crippen LogP contribution in [0.25, 0.3) is 0 Å². The summed E-state index contributed by atoms with van der Waals surface area (Å²) < 4.78 is 1.76. The number of aromatic nitrogens is 2. The lowest BCUT2D eigenvalue weighted by Gasteiger charge is -2.33. The Kier molecular flexibility index (Phi) is 3.72. The van der Waals surface area contributed by atoms with Crippen LogP contribution in [0.15, 0.2) is 12.5 Å². The van der Waals surface area contributed by atoms with Crippen LogP contribution in [0.1, 0.15) is 30.3 Å². The molecule has 1 aromatic rings. The summed E-state index contributed by atoms with van der Waals surface area (Å²) in [7, 11) is 1.84. The lowest BCUT2D eigenvalue weighted by molar-refractivity contribution is 0.0680. The van der Waals surface area contributed by atoms with Crippen LogP contribution in [0.5, 0.6) is 0 Å². The van der Waals surface area contributed by atoms with Gasteiger partial charge in [0.15, 0.2) is 0 Å². The molecule has 4 nitrogen and oxygen atoms in total. The first-order valence-corrected chi connectivity index (χ1v) is 6.43. The molecule has 1 unspecified atom stereocenters. The monoisotopic (exact) mass is 255 g/mol. The Morgan fingerprint density at radius 1 is 1.53 bits per heavy atom. The van der Waals surface area contributed by atoms with Crippen molar-refractivity contribution in [1.82, 2.24) is 14.5 Å². The summed E-state index contributed by atoms with van der Waals surface area (Å²) in [5.74, 6) is 0.609. The Labute approximate surface area is 107 Å². The standard InChI is InChI=1S/C12H18ClN3O/c1-9(13)10-3-5-16(6-4-10)12(17)11-7-14-8-15(11)2/h7-10H,3-6H2,1-2H3. The van der Waals surface area contributed by atoms with Crippen LogP contribution in [0.3, 0.4) is 0 Å². The number of piperidine rings is 1. The van der Waals surface area contributed by atoms with Gasteiger partial charge >= 0.3 is 0 Å². The summed E-state index contributed by atoms with van der Waals surface area (Å²) in [6.45, 7) is 3.63. The van der Waals surface area contributed by atoms with Crippen LogP contribution in [0, 0.1) is 5.92 Å². The third-order valence-corrected chi connectivity index (χ3v) is 3.87. The van der Waals surface area contributed by atoms with Gasteiger partial charge in [0.25, 0.3) is 5.91 Å². The number of halogens is 1. The van der Waals surface area contributed by atoms with Gasteiger partial charge in [-0.3, -0.25) is 4.79 Å². The topological polar surface area (TPSA) is 38.1 Å². The van der Waals surface area contributed by atoms with Crippen molar-refractivity contribution >= 4 is 17.5 Å². The Hall–Kier alpha value is -1.03. The number of aryl methyl sites for hydroxylation is 1. The molecule has 0 aliphatic carbocycles. The van der Waals surface area contributed by atoms with E-state index in [1.54, 1.807) is 17.1 Å². The van der Waals surface area contributed by atoms with E-state index in [0.717, 1.165) is 25.9 Å². The number of hydrogen-bond donors (Lipinski definition) is 0. The molecule has 1 fully saturated rings. The van der Waals surface area contributed by atoms with Crippen LogP contribution in [0.4, 0.5) is 0 Å². The zero-order valence-corrected chi connectivity index (χ0v) is 11.0. The van der Waals surface area contributed by atoms with E-state index in [4.69, 9.17) is 11.6 Å². The Morgan fingerprint density at radius 2 is 2.18 bits per heavy atom. The molecule has 1 aromatic heterocycles. The van der Waals surface area contributed by atoms with Gasteiger partial charge in [0.2, 0.25) is 0 Å². The number of amides is 1. The van der Waals surface area contributed by atoms with Crippen LogP contribution in [-0.4, -0.2) is 38.8 Å². The van der Waals surface area contributed by atoms with E-state index < -0.39 is 0 Å². The first-order chi connectivity index (χ1) is 8.09. The van der Waals surface area contributed by atoms with Crippen LogP contribution >= 0.6 is 11.6 Å². The fourth-order valence-corrected chi connectivity index (χ4v) is 2.54. The van der Waals surface area contributed by atoms with Gasteiger partial charge in [0.05, 0.1) is 12.5 Å². The maximum Gasteiger partial charge on any atom is 0.272 e. The van der Waals surface area contributed by atoms with Gasteiger partial charge in [-0.25, -0.2) is 4.98 Å². The number of likely N-dealkylation sites (tertiary alicyclic amines) is 1. The molecule has 0 N–H and O–H groups in total. The third-order valence-electron chi connectivity index (χ3n) is 3.51. The highest BCUT2D eigenvalue weighted by Crippen LogP contribution is 2.24. The van der Waals surface area contributed by atoms with Crippen LogP contribution in [-0.2, 0) is 7.05 Å².